The van der Waals surface area contributed by atoms with Crippen molar-refractivity contribution >= 4 is 24.0 Å². The second-order valence-corrected chi connectivity index (χ2v) is 7.62. The number of unbranched alkanes of at least 4 members (excludes halogenated alkanes) is 5. The van der Waals surface area contributed by atoms with Gasteiger partial charge in [-0.2, -0.15) is 30.7 Å². The van der Waals surface area contributed by atoms with Gasteiger partial charge in [0.15, 0.2) is 6.61 Å². The number of carbonyl (C=O) groups excluding carboxylic acids is 2. The van der Waals surface area contributed by atoms with Crippen molar-refractivity contribution in [3.63, 3.8) is 0 Å². The van der Waals surface area contributed by atoms with Crippen molar-refractivity contribution in [2.24, 2.45) is 0 Å². The summed E-state index contributed by atoms with van der Waals surface area (Å²) in [7, 11) is 0. The molecule has 0 amide bonds. The van der Waals surface area contributed by atoms with Gasteiger partial charge in [0.05, 0.1) is 13.0 Å². The van der Waals surface area contributed by atoms with Crippen LogP contribution in [-0.2, 0) is 28.4 Å². The van der Waals surface area contributed by atoms with Crippen molar-refractivity contribution in [2.75, 3.05) is 13.2 Å². The normalized spacial score (nSPS) is 13.4. The maximum Gasteiger partial charge on any atom is 1.00 e. The zero-order valence-corrected chi connectivity index (χ0v) is 21.1. The van der Waals surface area contributed by atoms with E-state index in [4.69, 9.17) is 4.74 Å². The van der Waals surface area contributed by atoms with Gasteiger partial charge in [0, 0.05) is 12.0 Å². The smallest absolute Gasteiger partial charge is 0.691 e. The molecular formula is C17H23F8NaO7S. The van der Waals surface area contributed by atoms with E-state index in [0.717, 1.165) is 32.1 Å². The van der Waals surface area contributed by atoms with Crippen LogP contribution in [0.15, 0.2) is 0 Å². The maximum absolute atomic E-state index is 13.5. The molecule has 0 aromatic heterocycles. The van der Waals surface area contributed by atoms with Crippen molar-refractivity contribution in [3.05, 3.63) is 0 Å². The van der Waals surface area contributed by atoms with E-state index in [1.807, 2.05) is 6.92 Å². The van der Waals surface area contributed by atoms with Crippen LogP contribution in [0.1, 0.15) is 51.9 Å². The Balaban J connectivity index is 0. The summed E-state index contributed by atoms with van der Waals surface area (Å²) in [6.45, 7) is -0.777. The summed E-state index contributed by atoms with van der Waals surface area (Å²) < 4.78 is 116. The van der Waals surface area contributed by atoms with Crippen molar-refractivity contribution in [3.8, 4) is 0 Å². The molecule has 196 valence electrons. The zero-order chi connectivity index (χ0) is 25.7. The Morgan fingerprint density at radius 3 is 2.03 bits per heavy atom. The molecule has 0 radical (unpaired) electrons. The number of ether oxygens (including phenoxy) is 2. The van der Waals surface area contributed by atoms with Gasteiger partial charge in [-0.3, -0.25) is 14.6 Å². The second kappa shape index (κ2) is 17.1. The molecule has 7 nitrogen and oxygen atoms in total. The van der Waals surface area contributed by atoms with Crippen molar-refractivity contribution in [2.45, 2.75) is 81.3 Å². The van der Waals surface area contributed by atoms with E-state index in [1.165, 1.54) is 0 Å². The summed E-state index contributed by atoms with van der Waals surface area (Å²) in [6.07, 6.45) is -0.975. The standard InChI is InChI=1S/C17H24F8O7S.Na/c1-2-3-4-5-6-7-8-29-12(26)9-11(33-32-31-28)13(27)30-10-15(20,21)17(24,25)16(22,23)14(18)19;/h11,14,28H,2-10H2,1H3;/q;+1/p-1. The molecule has 0 rings (SSSR count). The number of hydrogen-bond acceptors (Lipinski definition) is 8. The molecule has 0 aliphatic heterocycles. The van der Waals surface area contributed by atoms with Crippen LogP contribution >= 0.6 is 12.0 Å². The Labute approximate surface area is 216 Å². The van der Waals surface area contributed by atoms with Crippen molar-refractivity contribution in [1.29, 1.82) is 0 Å². The Hall–Kier alpha value is -0.390. The van der Waals surface area contributed by atoms with Gasteiger partial charge < -0.3 is 14.7 Å². The summed E-state index contributed by atoms with van der Waals surface area (Å²) in [4.78, 5) is 23.6. The van der Waals surface area contributed by atoms with E-state index < -0.39 is 54.4 Å². The van der Waals surface area contributed by atoms with E-state index in [0.29, 0.717) is 6.42 Å². The molecule has 0 saturated heterocycles. The van der Waals surface area contributed by atoms with Gasteiger partial charge in [-0.05, 0) is 6.42 Å². The predicted molar refractivity (Wildman–Crippen MR) is 94.3 cm³/mol. The molecule has 0 spiro atoms. The Morgan fingerprint density at radius 1 is 0.941 bits per heavy atom. The number of esters is 2. The van der Waals surface area contributed by atoms with Gasteiger partial charge in [0.1, 0.15) is 5.25 Å². The topological polar surface area (TPSA) is 94.1 Å². The van der Waals surface area contributed by atoms with Crippen molar-refractivity contribution in [1.82, 2.24) is 0 Å². The first-order valence-corrected chi connectivity index (χ1v) is 10.4. The fourth-order valence-corrected chi connectivity index (χ4v) is 2.70. The number of carbonyl (C=O) groups is 2. The number of hydrogen-bond donors (Lipinski definition) is 0. The molecule has 17 heteroatoms. The first-order chi connectivity index (χ1) is 15.2. The first kappa shape index (κ1) is 35.8. The Kier molecular flexibility index (Phi) is 18.0. The van der Waals surface area contributed by atoms with E-state index in [1.54, 1.807) is 0 Å². The Morgan fingerprint density at radius 2 is 1.50 bits per heavy atom. The average Bonchev–Trinajstić information content (AvgIpc) is 2.73. The third-order valence-electron chi connectivity index (χ3n) is 4.11. The van der Waals surface area contributed by atoms with Gasteiger partial charge in [-0.1, -0.05) is 39.0 Å². The van der Waals surface area contributed by atoms with Crippen LogP contribution in [0.3, 0.4) is 0 Å². The summed E-state index contributed by atoms with van der Waals surface area (Å²) in [5.74, 6) is -21.9. The van der Waals surface area contributed by atoms with Crippen LogP contribution in [-0.4, -0.2) is 54.6 Å². The van der Waals surface area contributed by atoms with E-state index in [9.17, 15) is 50.0 Å². The largest absolute Gasteiger partial charge is 1.00 e. The van der Waals surface area contributed by atoms with E-state index in [2.05, 4.69) is 14.1 Å². The molecule has 0 N–H and O–H groups in total. The molecule has 34 heavy (non-hydrogen) atoms. The van der Waals surface area contributed by atoms with Gasteiger partial charge >= 0.3 is 65.7 Å². The van der Waals surface area contributed by atoms with Gasteiger partial charge in [-0.15, -0.1) is 0 Å². The van der Waals surface area contributed by atoms with Crippen LogP contribution in [0, 0.1) is 0 Å². The second-order valence-electron chi connectivity index (χ2n) is 6.72. The molecule has 0 aromatic carbocycles. The van der Waals surface area contributed by atoms with Gasteiger partial charge in [-0.25, -0.2) is 8.78 Å². The van der Waals surface area contributed by atoms with E-state index >= 15 is 0 Å². The predicted octanol–water partition coefficient (Wildman–Crippen LogP) is 1.24. The molecule has 0 bridgehead atoms. The van der Waals surface area contributed by atoms with Crippen LogP contribution in [0.25, 0.3) is 0 Å². The third kappa shape index (κ3) is 11.6. The molecule has 0 heterocycles. The minimum atomic E-state index is -6.58. The van der Waals surface area contributed by atoms with Crippen molar-refractivity contribution < 1.29 is 98.4 Å². The maximum atomic E-state index is 13.5. The zero-order valence-electron chi connectivity index (χ0n) is 18.3. The molecule has 1 atom stereocenters. The minimum Gasteiger partial charge on any atom is -0.691 e. The number of halogens is 8. The monoisotopic (exact) mass is 546 g/mol. The van der Waals surface area contributed by atoms with Crippen LogP contribution < -0.4 is 34.8 Å². The fourth-order valence-electron chi connectivity index (χ4n) is 2.23. The average molecular weight is 546 g/mol. The number of rotatable bonds is 18. The third-order valence-corrected chi connectivity index (χ3v) is 4.83. The first-order valence-electron chi connectivity index (χ1n) is 9.60. The molecule has 0 saturated carbocycles. The summed E-state index contributed by atoms with van der Waals surface area (Å²) in [5.41, 5.74) is 0. The summed E-state index contributed by atoms with van der Waals surface area (Å²) in [5, 5.41) is 10.9. The molecule has 0 fully saturated rings. The van der Waals surface area contributed by atoms with Crippen LogP contribution in [0.2, 0.25) is 0 Å². The molecule has 1 unspecified atom stereocenters. The number of alkyl halides is 8. The fraction of sp³-hybridized carbons (Fsp3) is 0.882. The molecule has 0 aromatic rings. The summed E-state index contributed by atoms with van der Waals surface area (Å²) >= 11 is -0.231. The van der Waals surface area contributed by atoms with Gasteiger partial charge in [0.25, 0.3) is 0 Å². The van der Waals surface area contributed by atoms with E-state index in [-0.39, 0.29) is 48.2 Å². The Bertz CT molecular complexity index is 602. The van der Waals surface area contributed by atoms with Gasteiger partial charge in [0.2, 0.25) is 0 Å². The quantitative estimate of drug-likeness (QED) is 0.0483. The SMILES string of the molecule is CCCCCCCCOC(=O)CC(SOO[O-])C(=O)OCC(F)(F)C(F)(F)C(F)(F)C(F)F.[Na+]. The van der Waals surface area contributed by atoms with Crippen LogP contribution in [0.5, 0.6) is 0 Å². The molecular weight excluding hydrogens is 523 g/mol. The molecule has 0 aliphatic rings. The minimum absolute atomic E-state index is 0. The molecule has 0 aliphatic carbocycles. The van der Waals surface area contributed by atoms with Crippen LogP contribution in [0.4, 0.5) is 35.1 Å². The summed E-state index contributed by atoms with van der Waals surface area (Å²) in [6, 6.07) is 0.